The van der Waals surface area contributed by atoms with E-state index in [9.17, 15) is 4.79 Å². The normalized spacial score (nSPS) is 36.1. The van der Waals surface area contributed by atoms with Crippen molar-refractivity contribution in [1.82, 2.24) is 4.90 Å². The molecule has 0 aromatic rings. The minimum atomic E-state index is 0.174. The molecule has 0 aromatic carbocycles. The predicted octanol–water partition coefficient (Wildman–Crippen LogP) is 2.22. The quantitative estimate of drug-likeness (QED) is 0.698. The summed E-state index contributed by atoms with van der Waals surface area (Å²) in [5.41, 5.74) is 0. The van der Waals surface area contributed by atoms with E-state index in [2.05, 4.69) is 6.92 Å². The summed E-state index contributed by atoms with van der Waals surface area (Å²) in [4.78, 5) is 14.1. The summed E-state index contributed by atoms with van der Waals surface area (Å²) in [7, 11) is 0. The third-order valence-corrected chi connectivity index (χ3v) is 5.13. The van der Waals surface area contributed by atoms with Gasteiger partial charge in [0.1, 0.15) is 0 Å². The Hall–Kier alpha value is 0.110. The second kappa shape index (κ2) is 4.96. The van der Waals surface area contributed by atoms with Crippen molar-refractivity contribution in [3.63, 3.8) is 0 Å². The summed E-state index contributed by atoms with van der Waals surface area (Å²) >= 11 is 8.12. The number of hydrogen-bond acceptors (Lipinski definition) is 2. The van der Waals surface area contributed by atoms with Gasteiger partial charge in [-0.25, -0.2) is 0 Å². The Morgan fingerprint density at radius 1 is 1.53 bits per heavy atom. The van der Waals surface area contributed by atoms with Gasteiger partial charge < -0.3 is 4.90 Å². The van der Waals surface area contributed by atoms with E-state index in [0.717, 1.165) is 37.4 Å². The Kier molecular flexibility index (Phi) is 3.83. The van der Waals surface area contributed by atoms with Gasteiger partial charge in [-0.1, -0.05) is 13.3 Å². The maximum Gasteiger partial charge on any atom is 0.226 e. The molecular formula is C11H18ClNOS. The number of halogens is 1. The number of carbonyl (C=O) groups excluding carboxylic acids is 1. The van der Waals surface area contributed by atoms with Gasteiger partial charge >= 0.3 is 0 Å². The first-order valence-electron chi connectivity index (χ1n) is 5.73. The zero-order valence-electron chi connectivity index (χ0n) is 9.12. The summed E-state index contributed by atoms with van der Waals surface area (Å²) in [6, 6.07) is 0. The fraction of sp³-hybridized carbons (Fsp3) is 0.909. The van der Waals surface area contributed by atoms with Gasteiger partial charge in [0.15, 0.2) is 0 Å². The number of rotatable bonds is 2. The summed E-state index contributed by atoms with van der Waals surface area (Å²) in [6.45, 7) is 3.80. The molecule has 0 aromatic heterocycles. The summed E-state index contributed by atoms with van der Waals surface area (Å²) < 4.78 is 0. The second-order valence-corrected chi connectivity index (χ2v) is 6.20. The number of hydrogen-bond donors (Lipinski definition) is 0. The number of thioether (sulfide) groups is 1. The lowest BCUT2D eigenvalue weighted by molar-refractivity contribution is -0.133. The van der Waals surface area contributed by atoms with Gasteiger partial charge in [-0.15, -0.1) is 11.6 Å². The Labute approximate surface area is 101 Å². The van der Waals surface area contributed by atoms with E-state index in [0.29, 0.717) is 11.8 Å². The first-order valence-corrected chi connectivity index (χ1v) is 7.32. The van der Waals surface area contributed by atoms with Crippen molar-refractivity contribution in [3.8, 4) is 0 Å². The van der Waals surface area contributed by atoms with Gasteiger partial charge in [-0.3, -0.25) is 4.79 Å². The molecule has 2 nitrogen and oxygen atoms in total. The topological polar surface area (TPSA) is 20.3 Å². The largest absolute Gasteiger partial charge is 0.341 e. The van der Waals surface area contributed by atoms with Gasteiger partial charge in [0, 0.05) is 24.8 Å². The summed E-state index contributed by atoms with van der Waals surface area (Å²) in [6.07, 6.45) is 2.14. The molecule has 0 radical (unpaired) electrons. The first-order chi connectivity index (χ1) is 7.22. The molecule has 3 unspecified atom stereocenters. The lowest BCUT2D eigenvalue weighted by atomic mass is 10.1. The van der Waals surface area contributed by atoms with Gasteiger partial charge in [0.25, 0.3) is 0 Å². The van der Waals surface area contributed by atoms with Crippen LogP contribution < -0.4 is 0 Å². The standard InChI is InChI=1S/C11H18ClNOS/c1-2-8-5-13(6-10(8)12)11(14)9-3-4-15-7-9/h8-10H,2-7H2,1H3. The molecule has 0 aliphatic carbocycles. The van der Waals surface area contributed by atoms with Crippen LogP contribution in [0, 0.1) is 11.8 Å². The second-order valence-electron chi connectivity index (χ2n) is 4.49. The van der Waals surface area contributed by atoms with Crippen molar-refractivity contribution in [2.24, 2.45) is 11.8 Å². The molecule has 2 aliphatic heterocycles. The highest BCUT2D eigenvalue weighted by molar-refractivity contribution is 7.99. The highest BCUT2D eigenvalue weighted by Crippen LogP contribution is 2.30. The third kappa shape index (κ3) is 2.44. The van der Waals surface area contributed by atoms with Crippen molar-refractivity contribution < 1.29 is 4.79 Å². The average molecular weight is 248 g/mol. The van der Waals surface area contributed by atoms with Crippen molar-refractivity contribution in [2.75, 3.05) is 24.6 Å². The van der Waals surface area contributed by atoms with Crippen LogP contribution in [0.15, 0.2) is 0 Å². The number of amides is 1. The number of carbonyl (C=O) groups is 1. The van der Waals surface area contributed by atoms with Gasteiger partial charge in [-0.2, -0.15) is 11.8 Å². The molecule has 2 fully saturated rings. The van der Waals surface area contributed by atoms with Crippen LogP contribution in [0.2, 0.25) is 0 Å². The zero-order chi connectivity index (χ0) is 10.8. The summed E-state index contributed by atoms with van der Waals surface area (Å²) in [5.74, 6) is 3.28. The monoisotopic (exact) mass is 247 g/mol. The van der Waals surface area contributed by atoms with Crippen LogP contribution in [-0.4, -0.2) is 40.8 Å². The number of likely N-dealkylation sites (tertiary alicyclic amines) is 1. The molecule has 86 valence electrons. The van der Waals surface area contributed by atoms with Gasteiger partial charge in [0.2, 0.25) is 5.91 Å². The first kappa shape index (κ1) is 11.6. The Morgan fingerprint density at radius 2 is 2.33 bits per heavy atom. The highest BCUT2D eigenvalue weighted by atomic mass is 35.5. The van der Waals surface area contributed by atoms with Crippen LogP contribution in [-0.2, 0) is 4.79 Å². The van der Waals surface area contributed by atoms with E-state index in [4.69, 9.17) is 11.6 Å². The average Bonchev–Trinajstić information content (AvgIpc) is 2.85. The third-order valence-electron chi connectivity index (χ3n) is 3.48. The molecule has 2 heterocycles. The van der Waals surface area contributed by atoms with Crippen molar-refractivity contribution in [3.05, 3.63) is 0 Å². The Balaban J connectivity index is 1.91. The Morgan fingerprint density at radius 3 is 2.87 bits per heavy atom. The van der Waals surface area contributed by atoms with Gasteiger partial charge in [0.05, 0.1) is 5.38 Å². The van der Waals surface area contributed by atoms with Crippen LogP contribution in [0.25, 0.3) is 0 Å². The Bertz CT molecular complexity index is 243. The molecule has 2 saturated heterocycles. The van der Waals surface area contributed by atoms with Gasteiger partial charge in [-0.05, 0) is 18.1 Å². The molecule has 0 spiro atoms. The molecule has 1 amide bonds. The van der Waals surface area contributed by atoms with Crippen LogP contribution in [0.4, 0.5) is 0 Å². The van der Waals surface area contributed by atoms with Crippen LogP contribution in [0.5, 0.6) is 0 Å². The molecule has 3 atom stereocenters. The number of alkyl halides is 1. The van der Waals surface area contributed by atoms with Crippen molar-refractivity contribution in [2.45, 2.75) is 25.1 Å². The summed E-state index contributed by atoms with van der Waals surface area (Å²) in [5, 5.41) is 0.174. The predicted molar refractivity (Wildman–Crippen MR) is 65.4 cm³/mol. The molecular weight excluding hydrogens is 230 g/mol. The molecule has 2 rings (SSSR count). The fourth-order valence-corrected chi connectivity index (χ4v) is 4.02. The highest BCUT2D eigenvalue weighted by Gasteiger charge is 2.36. The molecule has 0 bridgehead atoms. The lowest BCUT2D eigenvalue weighted by Gasteiger charge is -2.19. The molecule has 0 N–H and O–H groups in total. The van der Waals surface area contributed by atoms with E-state index in [1.54, 1.807) is 0 Å². The lowest BCUT2D eigenvalue weighted by Crippen LogP contribution is -2.34. The smallest absolute Gasteiger partial charge is 0.226 e. The van der Waals surface area contributed by atoms with Crippen molar-refractivity contribution in [1.29, 1.82) is 0 Å². The van der Waals surface area contributed by atoms with Crippen molar-refractivity contribution >= 4 is 29.3 Å². The van der Waals surface area contributed by atoms with E-state index in [1.165, 1.54) is 0 Å². The van der Waals surface area contributed by atoms with E-state index >= 15 is 0 Å². The van der Waals surface area contributed by atoms with E-state index in [-0.39, 0.29) is 11.3 Å². The van der Waals surface area contributed by atoms with E-state index < -0.39 is 0 Å². The maximum atomic E-state index is 12.1. The van der Waals surface area contributed by atoms with Crippen LogP contribution in [0.1, 0.15) is 19.8 Å². The minimum absolute atomic E-state index is 0.174. The molecule has 4 heteroatoms. The minimum Gasteiger partial charge on any atom is -0.341 e. The zero-order valence-corrected chi connectivity index (χ0v) is 10.7. The maximum absolute atomic E-state index is 12.1. The van der Waals surface area contributed by atoms with E-state index in [1.807, 2.05) is 16.7 Å². The van der Waals surface area contributed by atoms with Crippen LogP contribution in [0.3, 0.4) is 0 Å². The van der Waals surface area contributed by atoms with Crippen LogP contribution >= 0.6 is 23.4 Å². The molecule has 2 aliphatic rings. The SMILES string of the molecule is CCC1CN(C(=O)C2CCSC2)CC1Cl. The molecule has 15 heavy (non-hydrogen) atoms. The fourth-order valence-electron chi connectivity index (χ4n) is 2.38. The molecule has 0 saturated carbocycles. The number of nitrogens with zero attached hydrogens (tertiary/aromatic N) is 1.